The standard InChI is InChI=1S/C17H13ClN2O2/c1-3-14(21)16-15(11-6-4-7-12(10-11)22-2)19-17-13(18)8-5-9-20(16)17/h1,4-10,14,21H,2H3. The van der Waals surface area contributed by atoms with E-state index in [-0.39, 0.29) is 0 Å². The van der Waals surface area contributed by atoms with Crippen LogP contribution in [-0.2, 0) is 0 Å². The van der Waals surface area contributed by atoms with E-state index in [0.29, 0.717) is 27.8 Å². The highest BCUT2D eigenvalue weighted by Gasteiger charge is 2.20. The summed E-state index contributed by atoms with van der Waals surface area (Å²) in [5.74, 6) is 3.03. The summed E-state index contributed by atoms with van der Waals surface area (Å²) in [6.07, 6.45) is 6.08. The molecule has 0 fully saturated rings. The van der Waals surface area contributed by atoms with Crippen molar-refractivity contribution < 1.29 is 9.84 Å². The maximum atomic E-state index is 10.2. The smallest absolute Gasteiger partial charge is 0.157 e. The Kier molecular flexibility index (Phi) is 3.76. The number of terminal acetylenes is 1. The van der Waals surface area contributed by atoms with Crippen LogP contribution in [0.25, 0.3) is 16.9 Å². The van der Waals surface area contributed by atoms with Gasteiger partial charge in [-0.05, 0) is 24.3 Å². The molecule has 1 aromatic carbocycles. The van der Waals surface area contributed by atoms with Gasteiger partial charge in [-0.1, -0.05) is 29.7 Å². The highest BCUT2D eigenvalue weighted by Crippen LogP contribution is 2.32. The van der Waals surface area contributed by atoms with Gasteiger partial charge in [0.25, 0.3) is 0 Å². The number of pyridine rings is 1. The molecule has 0 aliphatic heterocycles. The SMILES string of the molecule is C#CC(O)c1c(-c2cccc(OC)c2)nc2c(Cl)cccn12. The zero-order valence-electron chi connectivity index (χ0n) is 11.8. The molecule has 22 heavy (non-hydrogen) atoms. The van der Waals surface area contributed by atoms with Gasteiger partial charge in [0.1, 0.15) is 5.75 Å². The first-order valence-electron chi connectivity index (χ1n) is 6.60. The largest absolute Gasteiger partial charge is 0.497 e. The summed E-state index contributed by atoms with van der Waals surface area (Å²) >= 11 is 6.19. The summed E-state index contributed by atoms with van der Waals surface area (Å²) in [4.78, 5) is 4.55. The van der Waals surface area contributed by atoms with Gasteiger partial charge in [-0.15, -0.1) is 6.42 Å². The first-order chi connectivity index (χ1) is 10.7. The second kappa shape index (κ2) is 5.72. The predicted octanol–water partition coefficient (Wildman–Crippen LogP) is 3.33. The number of benzene rings is 1. The molecule has 0 saturated carbocycles. The minimum atomic E-state index is -1.09. The Morgan fingerprint density at radius 3 is 2.91 bits per heavy atom. The van der Waals surface area contributed by atoms with E-state index in [1.165, 1.54) is 0 Å². The van der Waals surface area contributed by atoms with Gasteiger partial charge in [0.05, 0.1) is 23.5 Å². The van der Waals surface area contributed by atoms with Crippen molar-refractivity contribution in [1.29, 1.82) is 0 Å². The number of ether oxygens (including phenoxy) is 1. The topological polar surface area (TPSA) is 46.8 Å². The van der Waals surface area contributed by atoms with E-state index in [2.05, 4.69) is 10.9 Å². The van der Waals surface area contributed by atoms with Crippen LogP contribution < -0.4 is 4.74 Å². The zero-order valence-corrected chi connectivity index (χ0v) is 12.6. The zero-order chi connectivity index (χ0) is 15.7. The second-order valence-corrected chi connectivity index (χ2v) is 5.10. The average molecular weight is 313 g/mol. The van der Waals surface area contributed by atoms with Crippen LogP contribution in [-0.4, -0.2) is 21.6 Å². The van der Waals surface area contributed by atoms with Crippen LogP contribution in [0.4, 0.5) is 0 Å². The van der Waals surface area contributed by atoms with Crippen LogP contribution >= 0.6 is 11.6 Å². The summed E-state index contributed by atoms with van der Waals surface area (Å²) in [5, 5.41) is 10.7. The number of nitrogens with zero attached hydrogens (tertiary/aromatic N) is 2. The lowest BCUT2D eigenvalue weighted by Crippen LogP contribution is -2.01. The van der Waals surface area contributed by atoms with E-state index >= 15 is 0 Å². The van der Waals surface area contributed by atoms with Crippen LogP contribution in [0, 0.1) is 12.3 Å². The van der Waals surface area contributed by atoms with Crippen molar-refractivity contribution in [1.82, 2.24) is 9.38 Å². The van der Waals surface area contributed by atoms with Gasteiger partial charge in [-0.25, -0.2) is 4.98 Å². The van der Waals surface area contributed by atoms with Crippen LogP contribution in [0.2, 0.25) is 5.02 Å². The number of imidazole rings is 1. The minimum Gasteiger partial charge on any atom is -0.497 e. The van der Waals surface area contributed by atoms with Gasteiger partial charge >= 0.3 is 0 Å². The third-order valence-corrected chi connectivity index (χ3v) is 3.69. The summed E-state index contributed by atoms with van der Waals surface area (Å²) in [5.41, 5.74) is 2.43. The van der Waals surface area contributed by atoms with Crippen molar-refractivity contribution >= 4 is 17.2 Å². The summed E-state index contributed by atoms with van der Waals surface area (Å²) < 4.78 is 6.95. The van der Waals surface area contributed by atoms with Gasteiger partial charge in [-0.2, -0.15) is 0 Å². The highest BCUT2D eigenvalue weighted by atomic mass is 35.5. The molecule has 5 heteroatoms. The number of hydrogen-bond donors (Lipinski definition) is 1. The maximum absolute atomic E-state index is 10.2. The van der Waals surface area contributed by atoms with Crippen molar-refractivity contribution in [2.45, 2.75) is 6.10 Å². The molecule has 1 atom stereocenters. The lowest BCUT2D eigenvalue weighted by Gasteiger charge is -2.08. The Morgan fingerprint density at radius 2 is 2.18 bits per heavy atom. The number of aliphatic hydroxyl groups is 1. The normalized spacial score (nSPS) is 12.1. The van der Waals surface area contributed by atoms with E-state index in [1.807, 2.05) is 24.3 Å². The molecule has 0 radical (unpaired) electrons. The first-order valence-corrected chi connectivity index (χ1v) is 6.98. The number of rotatable bonds is 3. The number of methoxy groups -OCH3 is 1. The number of aliphatic hydroxyl groups excluding tert-OH is 1. The van der Waals surface area contributed by atoms with Crippen LogP contribution in [0.15, 0.2) is 42.6 Å². The molecule has 0 spiro atoms. The second-order valence-electron chi connectivity index (χ2n) is 4.70. The lowest BCUT2D eigenvalue weighted by molar-refractivity contribution is 0.233. The number of hydrogen-bond acceptors (Lipinski definition) is 3. The van der Waals surface area contributed by atoms with Gasteiger partial charge in [-0.3, -0.25) is 4.40 Å². The molecule has 3 rings (SSSR count). The summed E-state index contributed by atoms with van der Waals surface area (Å²) in [6.45, 7) is 0. The fourth-order valence-corrected chi connectivity index (χ4v) is 2.58. The van der Waals surface area contributed by atoms with Crippen molar-refractivity contribution in [3.05, 3.63) is 53.3 Å². The Bertz CT molecular complexity index is 880. The molecule has 110 valence electrons. The Hall–Kier alpha value is -2.48. The quantitative estimate of drug-likeness (QED) is 0.755. The fraction of sp³-hybridized carbons (Fsp3) is 0.118. The van der Waals surface area contributed by atoms with E-state index < -0.39 is 6.10 Å². The third-order valence-electron chi connectivity index (χ3n) is 3.40. The average Bonchev–Trinajstić information content (AvgIpc) is 2.95. The number of fused-ring (bicyclic) bond motifs is 1. The molecule has 0 aliphatic carbocycles. The van der Waals surface area contributed by atoms with Gasteiger partial charge < -0.3 is 9.84 Å². The molecular formula is C17H13ClN2O2. The summed E-state index contributed by atoms with van der Waals surface area (Å²) in [6, 6.07) is 10.9. The van der Waals surface area contributed by atoms with E-state index in [4.69, 9.17) is 22.8 Å². The highest BCUT2D eigenvalue weighted by molar-refractivity contribution is 6.33. The van der Waals surface area contributed by atoms with E-state index in [9.17, 15) is 5.11 Å². The Morgan fingerprint density at radius 1 is 1.36 bits per heavy atom. The molecule has 0 saturated heterocycles. The molecule has 1 N–H and O–H groups in total. The molecule has 0 bridgehead atoms. The van der Waals surface area contributed by atoms with Gasteiger partial charge in [0.2, 0.25) is 0 Å². The summed E-state index contributed by atoms with van der Waals surface area (Å²) in [7, 11) is 1.59. The molecule has 2 heterocycles. The molecule has 2 aromatic heterocycles. The number of aromatic nitrogens is 2. The molecular weight excluding hydrogens is 300 g/mol. The van der Waals surface area contributed by atoms with Crippen LogP contribution in [0.3, 0.4) is 0 Å². The van der Waals surface area contributed by atoms with E-state index in [1.54, 1.807) is 29.8 Å². The molecule has 3 aromatic rings. The van der Waals surface area contributed by atoms with Crippen molar-refractivity contribution in [2.75, 3.05) is 7.11 Å². The van der Waals surface area contributed by atoms with Gasteiger partial charge in [0, 0.05) is 11.8 Å². The van der Waals surface area contributed by atoms with Crippen LogP contribution in [0.5, 0.6) is 5.75 Å². The minimum absolute atomic E-state index is 0.488. The van der Waals surface area contributed by atoms with Crippen molar-refractivity contribution in [2.24, 2.45) is 0 Å². The van der Waals surface area contributed by atoms with E-state index in [0.717, 1.165) is 5.56 Å². The van der Waals surface area contributed by atoms with Crippen molar-refractivity contribution in [3.8, 4) is 29.4 Å². The van der Waals surface area contributed by atoms with Gasteiger partial charge in [0.15, 0.2) is 11.8 Å². The Labute approximate surface area is 132 Å². The number of halogens is 1. The predicted molar refractivity (Wildman–Crippen MR) is 86.0 cm³/mol. The monoisotopic (exact) mass is 312 g/mol. The maximum Gasteiger partial charge on any atom is 0.157 e. The Balaban J connectivity index is 2.33. The molecule has 0 amide bonds. The van der Waals surface area contributed by atoms with Crippen LogP contribution in [0.1, 0.15) is 11.8 Å². The third kappa shape index (κ3) is 2.31. The fourth-order valence-electron chi connectivity index (χ4n) is 2.38. The molecule has 0 aliphatic rings. The molecule has 4 nitrogen and oxygen atoms in total. The first kappa shape index (κ1) is 14.5. The molecule has 1 unspecified atom stereocenters. The van der Waals surface area contributed by atoms with Crippen molar-refractivity contribution in [3.63, 3.8) is 0 Å². The lowest BCUT2D eigenvalue weighted by atomic mass is 10.1.